The van der Waals surface area contributed by atoms with Gasteiger partial charge < -0.3 is 15.4 Å². The number of nitrogens with one attached hydrogen (secondary N) is 2. The molecule has 3 aromatic rings. The van der Waals surface area contributed by atoms with Gasteiger partial charge in [0.15, 0.2) is 0 Å². The molecule has 4 rings (SSSR count). The molecule has 3 heterocycles. The number of alkyl carbamates (subject to hydrolysis) is 1. The van der Waals surface area contributed by atoms with E-state index in [-0.39, 0.29) is 18.6 Å². The molecule has 0 aliphatic heterocycles. The second-order valence-corrected chi connectivity index (χ2v) is 8.48. The number of thiophene rings is 1. The molecule has 0 saturated heterocycles. The van der Waals surface area contributed by atoms with Crippen LogP contribution >= 0.6 is 11.3 Å². The quantitative estimate of drug-likeness (QED) is 0.541. The Bertz CT molecular complexity index is 1200. The molecule has 2 amide bonds. The van der Waals surface area contributed by atoms with E-state index >= 15 is 0 Å². The minimum absolute atomic E-state index is 0.290. The first-order chi connectivity index (χ1) is 16.1. The normalized spacial score (nSPS) is 14.8. The molecule has 2 N–H and O–H groups in total. The molecule has 33 heavy (non-hydrogen) atoms. The number of nitrogens with zero attached hydrogens (tertiary/aromatic N) is 3. The van der Waals surface area contributed by atoms with Crippen molar-refractivity contribution in [2.75, 3.05) is 5.32 Å². The van der Waals surface area contributed by atoms with Crippen molar-refractivity contribution in [1.29, 1.82) is 5.26 Å². The van der Waals surface area contributed by atoms with Crippen LogP contribution in [0.25, 0.3) is 6.08 Å². The van der Waals surface area contributed by atoms with Crippen molar-refractivity contribution < 1.29 is 14.3 Å². The van der Waals surface area contributed by atoms with Crippen LogP contribution in [0.3, 0.4) is 0 Å². The predicted octanol–water partition coefficient (Wildman–Crippen LogP) is 3.85. The van der Waals surface area contributed by atoms with Crippen LogP contribution in [-0.4, -0.2) is 28.1 Å². The van der Waals surface area contributed by atoms with Gasteiger partial charge in [-0.25, -0.2) is 4.79 Å². The lowest BCUT2D eigenvalue weighted by Gasteiger charge is -2.22. The van der Waals surface area contributed by atoms with Crippen LogP contribution in [0.2, 0.25) is 0 Å². The molecule has 9 heteroatoms. The number of carbonyl (C=O) groups is 2. The van der Waals surface area contributed by atoms with E-state index in [1.54, 1.807) is 30.7 Å². The monoisotopic (exact) mass is 459 g/mol. The van der Waals surface area contributed by atoms with E-state index in [0.717, 1.165) is 21.7 Å². The summed E-state index contributed by atoms with van der Waals surface area (Å²) in [6, 6.07) is 11.3. The largest absolute Gasteiger partial charge is 0.446 e. The van der Waals surface area contributed by atoms with Crippen molar-refractivity contribution in [2.45, 2.75) is 31.9 Å². The molecule has 1 atom stereocenters. The molecule has 1 aliphatic rings. The average molecular weight is 460 g/mol. The number of hydrogen-bond acceptors (Lipinski definition) is 7. The summed E-state index contributed by atoms with van der Waals surface area (Å²) < 4.78 is 5.56. The number of nitriles is 1. The smallest absolute Gasteiger partial charge is 0.407 e. The van der Waals surface area contributed by atoms with Gasteiger partial charge in [0.1, 0.15) is 17.2 Å². The summed E-state index contributed by atoms with van der Waals surface area (Å²) in [5.74, 6) is -0.323. The van der Waals surface area contributed by atoms with E-state index in [1.807, 2.05) is 24.3 Å². The molecule has 3 aromatic heterocycles. The summed E-state index contributed by atoms with van der Waals surface area (Å²) >= 11 is 1.36. The van der Waals surface area contributed by atoms with Gasteiger partial charge in [0.05, 0.1) is 17.8 Å². The Kier molecular flexibility index (Phi) is 7.07. The van der Waals surface area contributed by atoms with Gasteiger partial charge >= 0.3 is 6.09 Å². The van der Waals surface area contributed by atoms with Crippen molar-refractivity contribution in [3.63, 3.8) is 0 Å². The lowest BCUT2D eigenvalue weighted by atomic mass is 9.94. The standard InChI is InChI=1S/C24H21N5O3S/c25-13-20-19-8-7-18(32-24(31)28-15-17-5-1-2-11-27-17)12-21(19)33-23(20)29-22(30)9-6-16-4-3-10-26-14-16/h1-6,9-11,14,18H,7-8,12,15H2,(H,28,31)(H,29,30)/b9-6+. The number of aromatic nitrogens is 2. The summed E-state index contributed by atoms with van der Waals surface area (Å²) in [5, 5.41) is 15.7. The topological polar surface area (TPSA) is 117 Å². The van der Waals surface area contributed by atoms with Gasteiger partial charge in [-0.05, 0) is 48.2 Å². The van der Waals surface area contributed by atoms with Gasteiger partial charge in [0.2, 0.25) is 5.91 Å². The minimum Gasteiger partial charge on any atom is -0.446 e. The second-order valence-electron chi connectivity index (χ2n) is 7.37. The summed E-state index contributed by atoms with van der Waals surface area (Å²) in [4.78, 5) is 33.7. The van der Waals surface area contributed by atoms with Crippen LogP contribution < -0.4 is 10.6 Å². The molecule has 166 valence electrons. The van der Waals surface area contributed by atoms with Gasteiger partial charge in [-0.1, -0.05) is 12.1 Å². The molecular formula is C24H21N5O3S. The van der Waals surface area contributed by atoms with Crippen molar-refractivity contribution in [2.24, 2.45) is 0 Å². The first-order valence-corrected chi connectivity index (χ1v) is 11.2. The third-order valence-corrected chi connectivity index (χ3v) is 6.26. The maximum absolute atomic E-state index is 12.4. The summed E-state index contributed by atoms with van der Waals surface area (Å²) in [7, 11) is 0. The zero-order valence-corrected chi connectivity index (χ0v) is 18.5. The number of hydrogen-bond donors (Lipinski definition) is 2. The van der Waals surface area contributed by atoms with Gasteiger partial charge in [0.25, 0.3) is 0 Å². The Labute approximate surface area is 195 Å². The molecule has 0 spiro atoms. The number of fused-ring (bicyclic) bond motifs is 1. The highest BCUT2D eigenvalue weighted by Gasteiger charge is 2.28. The van der Waals surface area contributed by atoms with E-state index in [2.05, 4.69) is 26.7 Å². The molecule has 8 nitrogen and oxygen atoms in total. The Morgan fingerprint density at radius 1 is 1.27 bits per heavy atom. The zero-order valence-electron chi connectivity index (χ0n) is 17.7. The van der Waals surface area contributed by atoms with Crippen molar-refractivity contribution >= 4 is 34.4 Å². The van der Waals surface area contributed by atoms with Crippen LogP contribution in [0.15, 0.2) is 55.0 Å². The SMILES string of the molecule is N#Cc1c(NC(=O)/C=C/c2cccnc2)sc2c1CCC(OC(=O)NCc1ccccn1)C2. The maximum atomic E-state index is 12.4. The summed E-state index contributed by atoms with van der Waals surface area (Å²) in [6.45, 7) is 0.290. The molecule has 0 saturated carbocycles. The van der Waals surface area contributed by atoms with E-state index in [1.165, 1.54) is 17.4 Å². The van der Waals surface area contributed by atoms with Crippen LogP contribution in [-0.2, 0) is 28.9 Å². The fraction of sp³-hybridized carbons (Fsp3) is 0.208. The number of rotatable bonds is 6. The van der Waals surface area contributed by atoms with Crippen molar-refractivity contribution in [3.05, 3.63) is 82.3 Å². The van der Waals surface area contributed by atoms with Gasteiger partial charge in [-0.3, -0.25) is 14.8 Å². The van der Waals surface area contributed by atoms with Crippen molar-refractivity contribution in [3.8, 4) is 6.07 Å². The average Bonchev–Trinajstić information content (AvgIpc) is 3.18. The highest BCUT2D eigenvalue weighted by Crippen LogP contribution is 2.38. The third-order valence-electron chi connectivity index (χ3n) is 5.09. The fourth-order valence-corrected chi connectivity index (χ4v) is 4.79. The molecule has 0 radical (unpaired) electrons. The first kappa shape index (κ1) is 22.2. The van der Waals surface area contributed by atoms with Gasteiger partial charge in [-0.2, -0.15) is 5.26 Å². The van der Waals surface area contributed by atoms with E-state index in [0.29, 0.717) is 29.8 Å². The second kappa shape index (κ2) is 10.5. The molecular weight excluding hydrogens is 438 g/mol. The van der Waals surface area contributed by atoms with Crippen LogP contribution in [0.5, 0.6) is 0 Å². The zero-order chi connectivity index (χ0) is 23.0. The number of anilines is 1. The van der Waals surface area contributed by atoms with E-state index < -0.39 is 6.09 Å². The van der Waals surface area contributed by atoms with E-state index in [9.17, 15) is 14.9 Å². The summed E-state index contributed by atoms with van der Waals surface area (Å²) in [6.07, 6.45) is 8.99. The number of pyridine rings is 2. The molecule has 0 aromatic carbocycles. The lowest BCUT2D eigenvalue weighted by molar-refractivity contribution is -0.111. The maximum Gasteiger partial charge on any atom is 0.407 e. The van der Waals surface area contributed by atoms with Crippen molar-refractivity contribution in [1.82, 2.24) is 15.3 Å². The predicted molar refractivity (Wildman–Crippen MR) is 124 cm³/mol. The Hall–Kier alpha value is -4.03. The Morgan fingerprint density at radius 2 is 2.18 bits per heavy atom. The fourth-order valence-electron chi connectivity index (χ4n) is 3.52. The first-order valence-electron chi connectivity index (χ1n) is 10.4. The van der Waals surface area contributed by atoms with Gasteiger partial charge in [0, 0.05) is 36.0 Å². The highest BCUT2D eigenvalue weighted by molar-refractivity contribution is 7.16. The number of amides is 2. The minimum atomic E-state index is -0.500. The van der Waals surface area contributed by atoms with Crippen LogP contribution in [0.1, 0.15) is 33.7 Å². The molecule has 0 bridgehead atoms. The van der Waals surface area contributed by atoms with Gasteiger partial charge in [-0.15, -0.1) is 11.3 Å². The number of carbonyl (C=O) groups excluding carboxylic acids is 2. The van der Waals surface area contributed by atoms with Crippen LogP contribution in [0.4, 0.5) is 9.80 Å². The molecule has 1 unspecified atom stereocenters. The highest BCUT2D eigenvalue weighted by atomic mass is 32.1. The Balaban J connectivity index is 1.36. The number of ether oxygens (including phenoxy) is 1. The molecule has 1 aliphatic carbocycles. The Morgan fingerprint density at radius 3 is 2.94 bits per heavy atom. The summed E-state index contributed by atoms with van der Waals surface area (Å²) in [5.41, 5.74) is 2.95. The molecule has 0 fully saturated rings. The van der Waals surface area contributed by atoms with E-state index in [4.69, 9.17) is 4.74 Å². The third kappa shape index (κ3) is 5.81. The lowest BCUT2D eigenvalue weighted by Crippen LogP contribution is -2.31. The van der Waals surface area contributed by atoms with Crippen LogP contribution in [0, 0.1) is 11.3 Å².